The van der Waals surface area contributed by atoms with E-state index in [4.69, 9.17) is 5.73 Å². The van der Waals surface area contributed by atoms with Gasteiger partial charge < -0.3 is 62.2 Å². The Morgan fingerprint density at radius 1 is 0.712 bits per heavy atom. The highest BCUT2D eigenvalue weighted by atomic mass is 16.4. The molecule has 8 atom stereocenters. The predicted octanol–water partition coefficient (Wildman–Crippen LogP) is 1.32. The summed E-state index contributed by atoms with van der Waals surface area (Å²) in [6.07, 6.45) is 2.97. The third kappa shape index (κ3) is 13.2. The summed E-state index contributed by atoms with van der Waals surface area (Å²) in [5.74, 6) is -6.18. The minimum absolute atomic E-state index is 0.0589. The number of nitrogens with two attached hydrogens (primary N) is 1. The molecule has 1 aliphatic rings. The van der Waals surface area contributed by atoms with Crippen molar-refractivity contribution in [3.05, 3.63) is 72.1 Å². The van der Waals surface area contributed by atoms with Crippen LogP contribution in [0.25, 0.3) is 21.8 Å². The van der Waals surface area contributed by atoms with Gasteiger partial charge in [-0.05, 0) is 67.7 Å². The van der Waals surface area contributed by atoms with Gasteiger partial charge in [-0.2, -0.15) is 0 Å². The molecule has 2 aromatic carbocycles. The largest absolute Gasteiger partial charge is 0.481 e. The van der Waals surface area contributed by atoms with Crippen molar-refractivity contribution in [1.29, 1.82) is 0 Å². The van der Waals surface area contributed by atoms with E-state index in [0.29, 0.717) is 18.3 Å². The van der Waals surface area contributed by atoms with Crippen molar-refractivity contribution in [2.45, 2.75) is 128 Å². The standard InChI is InChI=1S/C47H63N9O10/c1-25(2)17-35(42(61)51-30(24-57)19-28-22-49-33-13-8-6-11-31(28)33)52-44(63)37(21-40(59)60)53-43(62)36(20-29-23-50-34-14-9-7-12-32(29)34)54-45(64)39-15-10-16-56(39)47(66)38(18-26(3)4)55-46(65)41(48)27(5)58/h6-9,11-14,22-27,30,35-39,41,49-50,58H,10,15-21,48H2,1-5H3,(H,51,61)(H,52,63)(H,53,62)(H,54,64)(H,55,65)(H,59,60)/t27-,30+,35+,36+,37+,38+,39+,41+/m1/s1. The fourth-order valence-electron chi connectivity index (χ4n) is 8.27. The van der Waals surface area contributed by atoms with E-state index in [2.05, 4.69) is 36.6 Å². The number of nitrogens with zero attached hydrogens (tertiary/aromatic N) is 1. The van der Waals surface area contributed by atoms with Gasteiger partial charge in [0.25, 0.3) is 0 Å². The lowest BCUT2D eigenvalue weighted by molar-refractivity contribution is -0.143. The van der Waals surface area contributed by atoms with E-state index in [1.54, 1.807) is 18.5 Å². The number of H-pyrrole nitrogens is 2. The van der Waals surface area contributed by atoms with Gasteiger partial charge in [0.2, 0.25) is 35.4 Å². The Hall–Kier alpha value is -6.60. The van der Waals surface area contributed by atoms with Gasteiger partial charge in [-0.25, -0.2) is 0 Å². The van der Waals surface area contributed by atoms with Crippen molar-refractivity contribution in [1.82, 2.24) is 41.5 Å². The van der Waals surface area contributed by atoms with Crippen molar-refractivity contribution in [3.8, 4) is 0 Å². The number of hydrogen-bond donors (Lipinski definition) is 10. The average molecular weight is 914 g/mol. The van der Waals surface area contributed by atoms with Gasteiger partial charge in [-0.3, -0.25) is 33.6 Å². The molecule has 0 radical (unpaired) electrons. The highest BCUT2D eigenvalue weighted by Crippen LogP contribution is 2.24. The number of carbonyl (C=O) groups is 8. The number of aliphatic carboxylic acids is 1. The molecule has 19 heteroatoms. The first-order valence-corrected chi connectivity index (χ1v) is 22.4. The number of amides is 6. The zero-order valence-electron chi connectivity index (χ0n) is 38.0. The number of aromatic amines is 2. The first kappa shape index (κ1) is 50.4. The van der Waals surface area contributed by atoms with Crippen molar-refractivity contribution in [2.75, 3.05) is 6.54 Å². The monoisotopic (exact) mass is 913 g/mol. The van der Waals surface area contributed by atoms with E-state index in [-0.39, 0.29) is 50.5 Å². The highest BCUT2D eigenvalue weighted by molar-refractivity contribution is 5.98. The van der Waals surface area contributed by atoms with E-state index in [0.717, 1.165) is 27.4 Å². The number of aliphatic hydroxyl groups is 1. The van der Waals surface area contributed by atoms with Crippen LogP contribution in [-0.2, 0) is 51.2 Å². The normalized spacial score (nSPS) is 17.0. The number of aldehydes is 1. The summed E-state index contributed by atoms with van der Waals surface area (Å²) in [4.78, 5) is 115. The molecule has 19 nitrogen and oxygen atoms in total. The van der Waals surface area contributed by atoms with Gasteiger partial charge >= 0.3 is 5.97 Å². The first-order valence-electron chi connectivity index (χ1n) is 22.4. The minimum atomic E-state index is -1.72. The summed E-state index contributed by atoms with van der Waals surface area (Å²) in [6.45, 7) is 8.87. The molecule has 2 aromatic heterocycles. The van der Waals surface area contributed by atoms with Crippen LogP contribution in [0, 0.1) is 11.8 Å². The zero-order valence-corrected chi connectivity index (χ0v) is 38.0. The molecule has 66 heavy (non-hydrogen) atoms. The molecule has 1 aliphatic heterocycles. The molecule has 0 saturated carbocycles. The second-order valence-electron chi connectivity index (χ2n) is 17.9. The van der Waals surface area contributed by atoms with E-state index >= 15 is 0 Å². The Kier molecular flexibility index (Phi) is 17.6. The molecule has 0 spiro atoms. The number of hydrogen-bond acceptors (Lipinski definition) is 10. The number of fused-ring (bicyclic) bond motifs is 2. The number of para-hydroxylation sites is 2. The number of rotatable bonds is 23. The highest BCUT2D eigenvalue weighted by Gasteiger charge is 2.40. The number of carbonyl (C=O) groups excluding carboxylic acids is 7. The summed E-state index contributed by atoms with van der Waals surface area (Å²) in [7, 11) is 0. The van der Waals surface area contributed by atoms with Crippen molar-refractivity contribution >= 4 is 69.5 Å². The van der Waals surface area contributed by atoms with Crippen LogP contribution in [0.3, 0.4) is 0 Å². The molecule has 3 heterocycles. The van der Waals surface area contributed by atoms with E-state index in [1.807, 2.05) is 70.2 Å². The number of carboxylic acids is 1. The van der Waals surface area contributed by atoms with Crippen LogP contribution in [0.1, 0.15) is 77.8 Å². The first-order chi connectivity index (χ1) is 31.4. The Morgan fingerprint density at radius 2 is 1.23 bits per heavy atom. The van der Waals surface area contributed by atoms with Crippen molar-refractivity contribution < 1.29 is 48.6 Å². The third-order valence-corrected chi connectivity index (χ3v) is 11.7. The molecule has 0 aliphatic carbocycles. The van der Waals surface area contributed by atoms with Gasteiger partial charge in [0.15, 0.2) is 0 Å². The maximum absolute atomic E-state index is 14.4. The number of nitrogens with one attached hydrogen (secondary N) is 7. The Labute approximate surface area is 382 Å². The molecule has 11 N–H and O–H groups in total. The number of aromatic nitrogens is 2. The van der Waals surface area contributed by atoms with Crippen LogP contribution in [0.15, 0.2) is 60.9 Å². The van der Waals surface area contributed by atoms with Crippen LogP contribution in [0.4, 0.5) is 0 Å². The summed E-state index contributed by atoms with van der Waals surface area (Å²) in [5.41, 5.74) is 8.86. The van der Waals surface area contributed by atoms with E-state index in [9.17, 15) is 48.6 Å². The molecule has 4 aromatic rings. The maximum atomic E-state index is 14.4. The SMILES string of the molecule is CC(C)C[C@H](NC(=O)[C@H](CC(=O)O)NC(=O)[C@H](Cc1c[nH]c2ccccc12)NC(=O)[C@@H]1CCCN1C(=O)[C@H](CC(C)C)NC(=O)[C@@H](N)[C@@H](C)O)C(=O)N[C@H](C=O)Cc1c[nH]c2ccccc12. The van der Waals surface area contributed by atoms with Gasteiger partial charge in [-0.1, -0.05) is 64.1 Å². The quantitative estimate of drug-likeness (QED) is 0.0474. The van der Waals surface area contributed by atoms with Crippen LogP contribution in [0.2, 0.25) is 0 Å². The number of carboxylic acid groups (broad SMARTS) is 1. The van der Waals surface area contributed by atoms with Crippen molar-refractivity contribution in [2.24, 2.45) is 17.6 Å². The number of benzene rings is 2. The van der Waals surface area contributed by atoms with Crippen LogP contribution < -0.4 is 32.3 Å². The molecule has 5 rings (SSSR count). The Balaban J connectivity index is 1.36. The smallest absolute Gasteiger partial charge is 0.305 e. The molecular formula is C47H63N9O10. The molecule has 6 amide bonds. The van der Waals surface area contributed by atoms with E-state index in [1.165, 1.54) is 11.8 Å². The summed E-state index contributed by atoms with van der Waals surface area (Å²) < 4.78 is 0. The van der Waals surface area contributed by atoms with Gasteiger partial charge in [0.05, 0.1) is 18.6 Å². The molecule has 1 saturated heterocycles. The number of likely N-dealkylation sites (tertiary alicyclic amines) is 1. The zero-order chi connectivity index (χ0) is 48.2. The van der Waals surface area contributed by atoms with Crippen LogP contribution in [0.5, 0.6) is 0 Å². The van der Waals surface area contributed by atoms with Gasteiger partial charge in [-0.15, -0.1) is 0 Å². The van der Waals surface area contributed by atoms with Crippen LogP contribution in [-0.4, -0.2) is 128 Å². The lowest BCUT2D eigenvalue weighted by Crippen LogP contribution is -2.60. The Bertz CT molecular complexity index is 2370. The molecule has 0 bridgehead atoms. The fourth-order valence-corrected chi connectivity index (χ4v) is 8.27. The van der Waals surface area contributed by atoms with E-state index < -0.39 is 96.2 Å². The Morgan fingerprint density at radius 3 is 1.79 bits per heavy atom. The van der Waals surface area contributed by atoms with Crippen LogP contribution >= 0.6 is 0 Å². The second-order valence-corrected chi connectivity index (χ2v) is 17.9. The molecule has 0 unspecified atom stereocenters. The average Bonchev–Trinajstić information content (AvgIpc) is 4.03. The summed E-state index contributed by atoms with van der Waals surface area (Å²) in [6, 6.07) is 6.00. The molecular weight excluding hydrogens is 851 g/mol. The number of aliphatic hydroxyl groups excluding tert-OH is 1. The lowest BCUT2D eigenvalue weighted by Gasteiger charge is -2.31. The second kappa shape index (κ2) is 23.0. The molecule has 356 valence electrons. The fraction of sp³-hybridized carbons (Fsp3) is 0.489. The van der Waals surface area contributed by atoms with Crippen molar-refractivity contribution in [3.63, 3.8) is 0 Å². The maximum Gasteiger partial charge on any atom is 0.305 e. The topological polar surface area (TPSA) is 298 Å². The van der Waals surface area contributed by atoms with Gasteiger partial charge in [0.1, 0.15) is 42.5 Å². The third-order valence-electron chi connectivity index (χ3n) is 11.7. The summed E-state index contributed by atoms with van der Waals surface area (Å²) >= 11 is 0. The minimum Gasteiger partial charge on any atom is -0.481 e. The molecule has 1 fully saturated rings. The predicted molar refractivity (Wildman–Crippen MR) is 245 cm³/mol. The van der Waals surface area contributed by atoms with Gasteiger partial charge in [0, 0.05) is 53.6 Å². The lowest BCUT2D eigenvalue weighted by atomic mass is 10.0. The summed E-state index contributed by atoms with van der Waals surface area (Å²) in [5, 5.41) is 34.6.